The van der Waals surface area contributed by atoms with E-state index in [2.05, 4.69) is 6.92 Å². The second-order valence-electron chi connectivity index (χ2n) is 5.58. The third-order valence-electron chi connectivity index (χ3n) is 4.38. The summed E-state index contributed by atoms with van der Waals surface area (Å²) in [5, 5.41) is 0. The summed E-state index contributed by atoms with van der Waals surface area (Å²) in [4.78, 5) is 26.4. The molecule has 1 aromatic rings. The van der Waals surface area contributed by atoms with Crippen molar-refractivity contribution in [1.29, 1.82) is 0 Å². The highest BCUT2D eigenvalue weighted by Crippen LogP contribution is 2.35. The van der Waals surface area contributed by atoms with Gasteiger partial charge < -0.3 is 5.73 Å². The van der Waals surface area contributed by atoms with Crippen molar-refractivity contribution in [2.75, 3.05) is 5.73 Å². The fraction of sp³-hybridized carbons (Fsp3) is 0.467. The van der Waals surface area contributed by atoms with Crippen molar-refractivity contribution in [2.45, 2.75) is 38.6 Å². The largest absolute Gasteiger partial charge is 0.398 e. The molecular formula is C15H18N2O2. The lowest BCUT2D eigenvalue weighted by molar-refractivity contribution is 0.0486. The Balaban J connectivity index is 2.00. The summed E-state index contributed by atoms with van der Waals surface area (Å²) < 4.78 is 0. The van der Waals surface area contributed by atoms with E-state index in [4.69, 9.17) is 5.73 Å². The molecule has 2 atom stereocenters. The summed E-state index contributed by atoms with van der Waals surface area (Å²) in [5.74, 6) is -0.0138. The second kappa shape index (κ2) is 4.37. The van der Waals surface area contributed by atoms with Gasteiger partial charge >= 0.3 is 0 Å². The molecule has 1 aliphatic carbocycles. The number of rotatable bonds is 1. The summed E-state index contributed by atoms with van der Waals surface area (Å²) in [5.41, 5.74) is 7.11. The number of hydrogen-bond donors (Lipinski definition) is 1. The predicted molar refractivity (Wildman–Crippen MR) is 72.8 cm³/mol. The highest BCUT2D eigenvalue weighted by molar-refractivity contribution is 6.23. The average Bonchev–Trinajstić information content (AvgIpc) is 2.64. The van der Waals surface area contributed by atoms with E-state index >= 15 is 0 Å². The van der Waals surface area contributed by atoms with Gasteiger partial charge in [0.25, 0.3) is 11.8 Å². The molecule has 2 amide bonds. The van der Waals surface area contributed by atoms with E-state index < -0.39 is 0 Å². The van der Waals surface area contributed by atoms with Gasteiger partial charge in [-0.25, -0.2) is 0 Å². The van der Waals surface area contributed by atoms with Crippen LogP contribution in [0.5, 0.6) is 0 Å². The first-order valence-corrected chi connectivity index (χ1v) is 6.87. The van der Waals surface area contributed by atoms with Crippen LogP contribution >= 0.6 is 0 Å². The molecule has 0 saturated heterocycles. The van der Waals surface area contributed by atoms with Crippen LogP contribution in [0.4, 0.5) is 5.69 Å². The number of imide groups is 1. The summed E-state index contributed by atoms with van der Waals surface area (Å²) in [6.07, 6.45) is 4.25. The van der Waals surface area contributed by atoms with E-state index in [1.54, 1.807) is 18.2 Å². The minimum Gasteiger partial charge on any atom is -0.398 e. The number of fused-ring (bicyclic) bond motifs is 1. The number of carbonyl (C=O) groups is 2. The first-order chi connectivity index (χ1) is 9.11. The lowest BCUT2D eigenvalue weighted by Gasteiger charge is -2.34. The van der Waals surface area contributed by atoms with Gasteiger partial charge in [-0.2, -0.15) is 0 Å². The summed E-state index contributed by atoms with van der Waals surface area (Å²) in [6, 6.07) is 5.13. The van der Waals surface area contributed by atoms with Crippen molar-refractivity contribution >= 4 is 17.5 Å². The SMILES string of the molecule is CC1CCCCC1N1C(=O)c2cccc(N)c2C1=O. The van der Waals surface area contributed by atoms with Gasteiger partial charge in [-0.3, -0.25) is 14.5 Å². The number of nitrogens with zero attached hydrogens (tertiary/aromatic N) is 1. The van der Waals surface area contributed by atoms with Crippen LogP contribution in [-0.2, 0) is 0 Å². The smallest absolute Gasteiger partial charge is 0.263 e. The number of anilines is 1. The van der Waals surface area contributed by atoms with Crippen LogP contribution in [0.3, 0.4) is 0 Å². The lowest BCUT2D eigenvalue weighted by atomic mass is 9.85. The van der Waals surface area contributed by atoms with Crippen LogP contribution in [0.2, 0.25) is 0 Å². The topological polar surface area (TPSA) is 63.4 Å². The lowest BCUT2D eigenvalue weighted by Crippen LogP contribution is -2.45. The van der Waals surface area contributed by atoms with Crippen LogP contribution < -0.4 is 5.73 Å². The Labute approximate surface area is 112 Å². The Morgan fingerprint density at radius 2 is 1.89 bits per heavy atom. The Morgan fingerprint density at radius 1 is 1.16 bits per heavy atom. The van der Waals surface area contributed by atoms with Crippen LogP contribution in [0, 0.1) is 5.92 Å². The molecule has 1 saturated carbocycles. The van der Waals surface area contributed by atoms with Crippen LogP contribution in [0.1, 0.15) is 53.3 Å². The van der Waals surface area contributed by atoms with E-state index in [1.165, 1.54) is 11.3 Å². The van der Waals surface area contributed by atoms with Gasteiger partial charge in [0.15, 0.2) is 0 Å². The highest BCUT2D eigenvalue weighted by atomic mass is 16.2. The third-order valence-corrected chi connectivity index (χ3v) is 4.38. The van der Waals surface area contributed by atoms with E-state index in [9.17, 15) is 9.59 Å². The molecule has 3 rings (SSSR count). The van der Waals surface area contributed by atoms with Crippen molar-refractivity contribution in [2.24, 2.45) is 5.92 Å². The Hall–Kier alpha value is -1.84. The van der Waals surface area contributed by atoms with Crippen LogP contribution in [0.25, 0.3) is 0 Å². The first kappa shape index (κ1) is 12.2. The standard InChI is InChI=1S/C15H18N2O2/c1-9-5-2-3-8-12(9)17-14(18)10-6-4-7-11(16)13(10)15(17)19/h4,6-7,9,12H,2-3,5,8,16H2,1H3. The summed E-state index contributed by atoms with van der Waals surface area (Å²) in [7, 11) is 0. The monoisotopic (exact) mass is 258 g/mol. The quantitative estimate of drug-likeness (QED) is 0.621. The Morgan fingerprint density at radius 3 is 2.58 bits per heavy atom. The molecule has 4 nitrogen and oxygen atoms in total. The maximum atomic E-state index is 12.5. The Kier molecular flexibility index (Phi) is 2.81. The molecule has 2 aliphatic rings. The molecule has 2 unspecified atom stereocenters. The molecule has 2 N–H and O–H groups in total. The zero-order valence-electron chi connectivity index (χ0n) is 11.1. The average molecular weight is 258 g/mol. The molecular weight excluding hydrogens is 240 g/mol. The van der Waals surface area contributed by atoms with Crippen LogP contribution in [0.15, 0.2) is 18.2 Å². The molecule has 4 heteroatoms. The normalized spacial score (nSPS) is 26.7. The van der Waals surface area contributed by atoms with Gasteiger partial charge in [-0.05, 0) is 30.9 Å². The van der Waals surface area contributed by atoms with Crippen molar-refractivity contribution in [3.05, 3.63) is 29.3 Å². The molecule has 19 heavy (non-hydrogen) atoms. The van der Waals surface area contributed by atoms with Gasteiger partial charge in [0.2, 0.25) is 0 Å². The highest BCUT2D eigenvalue weighted by Gasteiger charge is 2.43. The number of amides is 2. The van der Waals surface area contributed by atoms with Crippen LogP contribution in [-0.4, -0.2) is 22.8 Å². The van der Waals surface area contributed by atoms with E-state index in [0.717, 1.165) is 19.3 Å². The predicted octanol–water partition coefficient (Wildman–Crippen LogP) is 2.44. The molecule has 1 heterocycles. The molecule has 100 valence electrons. The van der Waals surface area contributed by atoms with Crippen molar-refractivity contribution < 1.29 is 9.59 Å². The molecule has 1 fully saturated rings. The number of nitrogens with two attached hydrogens (primary N) is 1. The second-order valence-corrected chi connectivity index (χ2v) is 5.58. The zero-order chi connectivity index (χ0) is 13.6. The maximum absolute atomic E-state index is 12.5. The number of benzene rings is 1. The van der Waals surface area contributed by atoms with Gasteiger partial charge in [0.05, 0.1) is 11.1 Å². The summed E-state index contributed by atoms with van der Waals surface area (Å²) >= 11 is 0. The molecule has 1 aliphatic heterocycles. The number of hydrogen-bond acceptors (Lipinski definition) is 3. The van der Waals surface area contributed by atoms with Gasteiger partial charge in [-0.15, -0.1) is 0 Å². The van der Waals surface area contributed by atoms with Crippen molar-refractivity contribution in [3.8, 4) is 0 Å². The number of carbonyl (C=O) groups excluding carboxylic acids is 2. The maximum Gasteiger partial charge on any atom is 0.263 e. The van der Waals surface area contributed by atoms with E-state index in [0.29, 0.717) is 22.7 Å². The fourth-order valence-corrected chi connectivity index (χ4v) is 3.31. The third kappa shape index (κ3) is 1.74. The molecule has 0 radical (unpaired) electrons. The molecule has 0 bridgehead atoms. The van der Waals surface area contributed by atoms with Gasteiger partial charge in [0, 0.05) is 11.7 Å². The minimum atomic E-state index is -0.211. The molecule has 0 spiro atoms. The van der Waals surface area contributed by atoms with Gasteiger partial charge in [-0.1, -0.05) is 25.8 Å². The van der Waals surface area contributed by atoms with E-state index in [-0.39, 0.29) is 17.9 Å². The zero-order valence-corrected chi connectivity index (χ0v) is 11.1. The summed E-state index contributed by atoms with van der Waals surface area (Å²) in [6.45, 7) is 2.12. The van der Waals surface area contributed by atoms with Crippen molar-refractivity contribution in [3.63, 3.8) is 0 Å². The molecule has 1 aromatic carbocycles. The minimum absolute atomic E-state index is 0.0283. The van der Waals surface area contributed by atoms with Crippen molar-refractivity contribution in [1.82, 2.24) is 4.90 Å². The fourth-order valence-electron chi connectivity index (χ4n) is 3.31. The Bertz CT molecular complexity index is 553. The first-order valence-electron chi connectivity index (χ1n) is 6.87. The number of nitrogen functional groups attached to an aromatic ring is 1. The molecule has 0 aromatic heterocycles. The van der Waals surface area contributed by atoms with Gasteiger partial charge in [0.1, 0.15) is 0 Å². The van der Waals surface area contributed by atoms with E-state index in [1.807, 2.05) is 0 Å².